The number of cyclic esters (lactones) is 1. The van der Waals surface area contributed by atoms with Crippen molar-refractivity contribution in [2.75, 3.05) is 26.2 Å². The monoisotopic (exact) mass is 995 g/mol. The number of hydrogen-bond acceptors (Lipinski definition) is 13. The average Bonchev–Trinajstić information content (AvgIpc) is 3.32. The third-order valence-corrected chi connectivity index (χ3v) is 13.0. The number of thioether (sulfide) groups is 1. The Morgan fingerprint density at radius 3 is 2.14 bits per heavy atom. The number of methoxy groups -OCH3 is 1. The summed E-state index contributed by atoms with van der Waals surface area (Å²) in [6.45, 7) is 6.45. The minimum atomic E-state index is -1.81. The highest BCUT2D eigenvalue weighted by Gasteiger charge is 2.46. The van der Waals surface area contributed by atoms with Crippen molar-refractivity contribution in [3.63, 3.8) is 0 Å². The molecule has 9 unspecified atom stereocenters. The van der Waals surface area contributed by atoms with Gasteiger partial charge in [0, 0.05) is 26.3 Å². The van der Waals surface area contributed by atoms with E-state index in [1.807, 2.05) is 6.92 Å². The second-order valence-electron chi connectivity index (χ2n) is 18.0. The zero-order chi connectivity index (χ0) is 51.7. The van der Waals surface area contributed by atoms with E-state index in [4.69, 9.17) is 9.47 Å². The molecule has 0 aromatic heterocycles. The number of amides is 7. The second-order valence-corrected chi connectivity index (χ2v) is 18.9. The van der Waals surface area contributed by atoms with Crippen molar-refractivity contribution in [2.45, 2.75) is 147 Å². The molecule has 21 heteroatoms. The first-order valence-corrected chi connectivity index (χ1v) is 25.0. The maximum atomic E-state index is 15.1. The van der Waals surface area contributed by atoms with Crippen LogP contribution in [0.1, 0.15) is 90.2 Å². The average molecular weight is 996 g/mol. The summed E-state index contributed by atoms with van der Waals surface area (Å²) >= 11 is 1.35. The van der Waals surface area contributed by atoms with E-state index in [-0.39, 0.29) is 38.5 Å². The van der Waals surface area contributed by atoms with Crippen molar-refractivity contribution in [1.29, 1.82) is 0 Å². The quantitative estimate of drug-likeness (QED) is 0.0823. The molecule has 0 radical (unpaired) electrons. The summed E-state index contributed by atoms with van der Waals surface area (Å²) in [5.41, 5.74) is 1.21. The first-order chi connectivity index (χ1) is 33.3. The first-order valence-electron chi connectivity index (χ1n) is 23.7. The molecule has 0 spiro atoms. The van der Waals surface area contributed by atoms with Gasteiger partial charge < -0.3 is 56.1 Å². The zero-order valence-electron chi connectivity index (χ0n) is 40.9. The number of piperidine rings is 1. The minimum Gasteiger partial charge on any atom is -0.497 e. The molecule has 2 aromatic carbocycles. The van der Waals surface area contributed by atoms with Crippen molar-refractivity contribution < 1.29 is 62.8 Å². The predicted octanol–water partition coefficient (Wildman–Crippen LogP) is 1.45. The van der Waals surface area contributed by atoms with Gasteiger partial charge in [-0.2, -0.15) is 11.8 Å². The van der Waals surface area contributed by atoms with Crippen molar-refractivity contribution in [2.24, 2.45) is 5.92 Å². The van der Waals surface area contributed by atoms with Crippen LogP contribution >= 0.6 is 11.8 Å². The lowest BCUT2D eigenvalue weighted by atomic mass is 9.95. The SMILES string of the molecule is CCCCCC(=O)NC(CC(=O)O)C(=O)NC1C(=O)NC(CCSC)C(=O)NC2CCC(O)N(C2=O)C(Cc2ccccc2)C(=O)N(C)C(Cc2ccc(OC)cc2)C(=O)NC(C(C)C)C(=O)OC1C. The van der Waals surface area contributed by atoms with Crippen molar-refractivity contribution in [3.05, 3.63) is 65.7 Å². The van der Waals surface area contributed by atoms with E-state index in [0.717, 1.165) is 16.2 Å². The molecule has 9 atom stereocenters. The molecule has 7 amide bonds. The van der Waals surface area contributed by atoms with E-state index in [1.165, 1.54) is 32.8 Å². The van der Waals surface area contributed by atoms with Gasteiger partial charge in [0.25, 0.3) is 0 Å². The van der Waals surface area contributed by atoms with Crippen LogP contribution in [0.15, 0.2) is 54.6 Å². The molecule has 0 aliphatic carbocycles. The normalized spacial score (nSPS) is 24.5. The Kier molecular flexibility index (Phi) is 21.9. The van der Waals surface area contributed by atoms with Crippen LogP contribution < -0.4 is 31.3 Å². The highest BCUT2D eigenvalue weighted by molar-refractivity contribution is 7.98. The molecule has 2 aliphatic rings. The van der Waals surface area contributed by atoms with E-state index in [1.54, 1.807) is 74.7 Å². The van der Waals surface area contributed by atoms with Gasteiger partial charge in [0.2, 0.25) is 41.4 Å². The fourth-order valence-corrected chi connectivity index (χ4v) is 8.74. The number of aliphatic hydroxyl groups is 1. The summed E-state index contributed by atoms with van der Waals surface area (Å²) in [7, 11) is 2.87. The zero-order valence-corrected chi connectivity index (χ0v) is 41.8. The number of ether oxygens (including phenoxy) is 2. The highest BCUT2D eigenvalue weighted by atomic mass is 32.2. The number of aliphatic hydroxyl groups excluding tert-OH is 1. The smallest absolute Gasteiger partial charge is 0.329 e. The van der Waals surface area contributed by atoms with E-state index in [2.05, 4.69) is 26.6 Å². The molecule has 2 heterocycles. The summed E-state index contributed by atoms with van der Waals surface area (Å²) in [6.07, 6.45) is -0.460. The van der Waals surface area contributed by atoms with Gasteiger partial charge in [-0.1, -0.05) is 76.1 Å². The van der Waals surface area contributed by atoms with Crippen LogP contribution in [0, 0.1) is 5.92 Å². The summed E-state index contributed by atoms with van der Waals surface area (Å²) in [4.78, 5) is 128. The Labute approximate surface area is 413 Å². The molecule has 0 saturated carbocycles. The molecular formula is C49H69N7O13S. The number of aliphatic carboxylic acids is 1. The molecule has 2 saturated heterocycles. The Morgan fingerprint density at radius 1 is 0.871 bits per heavy atom. The molecule has 20 nitrogen and oxygen atoms in total. The molecule has 2 aromatic rings. The van der Waals surface area contributed by atoms with Crippen LogP contribution in [0.4, 0.5) is 0 Å². The number of benzene rings is 2. The number of likely N-dealkylation sites (N-methyl/N-ethyl adjacent to an activating group) is 1. The highest BCUT2D eigenvalue weighted by Crippen LogP contribution is 2.26. The van der Waals surface area contributed by atoms with Crippen molar-refractivity contribution in [1.82, 2.24) is 36.4 Å². The standard InChI is InChI=1S/C49H69N7O13S/c1-8-9-11-16-38(57)50-35(27-40(59)60)44(62)54-42-29(4)69-49(67)41(28(2)3)53-45(63)36(25-31-17-19-32(68-6)20-18-31)55(5)48(66)37(26-30-14-12-10-13-15-30)56-39(58)22-21-34(47(56)65)52-43(61)33(23-24-70-7)51-46(42)64/h10,12-15,17-20,28-29,33-37,39,41-42,58H,8-9,11,16,21-27H2,1-7H3,(H,50,57)(H,51,64)(H,52,61)(H,53,63)(H,54,62)(H,59,60). The fraction of sp³-hybridized carbons (Fsp3) is 0.571. The van der Waals surface area contributed by atoms with Crippen LogP contribution in [0.25, 0.3) is 0 Å². The van der Waals surface area contributed by atoms with E-state index in [9.17, 15) is 48.6 Å². The molecule has 2 aliphatic heterocycles. The number of nitrogens with zero attached hydrogens (tertiary/aromatic N) is 2. The van der Waals surface area contributed by atoms with Gasteiger partial charge in [-0.05, 0) is 73.8 Å². The van der Waals surface area contributed by atoms with Crippen LogP contribution in [0.5, 0.6) is 5.75 Å². The summed E-state index contributed by atoms with van der Waals surface area (Å²) in [6, 6.07) is 5.20. The number of carboxylic acid groups (broad SMARTS) is 1. The number of carboxylic acids is 1. The van der Waals surface area contributed by atoms with Crippen molar-refractivity contribution in [3.8, 4) is 5.75 Å². The number of esters is 1. The molecular weight excluding hydrogens is 927 g/mol. The molecule has 2 fully saturated rings. The van der Waals surface area contributed by atoms with Gasteiger partial charge >= 0.3 is 11.9 Å². The van der Waals surface area contributed by atoms with Crippen LogP contribution in [-0.4, -0.2) is 154 Å². The Bertz CT molecular complexity index is 2150. The Morgan fingerprint density at radius 2 is 1.53 bits per heavy atom. The van der Waals surface area contributed by atoms with Gasteiger partial charge in [-0.15, -0.1) is 0 Å². The molecule has 4 rings (SSSR count). The number of carbonyl (C=O) groups is 9. The fourth-order valence-electron chi connectivity index (χ4n) is 8.27. The minimum absolute atomic E-state index is 0.00250. The van der Waals surface area contributed by atoms with Crippen LogP contribution in [0.2, 0.25) is 0 Å². The maximum absolute atomic E-state index is 15.1. The van der Waals surface area contributed by atoms with Gasteiger partial charge in [-0.25, -0.2) is 4.79 Å². The van der Waals surface area contributed by atoms with Crippen molar-refractivity contribution >= 4 is 65.1 Å². The Hall–Kier alpha value is -6.22. The summed E-state index contributed by atoms with van der Waals surface area (Å²) < 4.78 is 11.2. The number of rotatable bonds is 18. The molecule has 7 N–H and O–H groups in total. The second kappa shape index (κ2) is 27.2. The topological polar surface area (TPSA) is 279 Å². The van der Waals surface area contributed by atoms with E-state index < -0.39 is 120 Å². The lowest BCUT2D eigenvalue weighted by molar-refractivity contribution is -0.165. The van der Waals surface area contributed by atoms with Gasteiger partial charge in [-0.3, -0.25) is 38.4 Å². The van der Waals surface area contributed by atoms with Crippen LogP contribution in [0.3, 0.4) is 0 Å². The van der Waals surface area contributed by atoms with E-state index in [0.29, 0.717) is 35.5 Å². The van der Waals surface area contributed by atoms with Crippen LogP contribution in [-0.2, 0) is 60.7 Å². The number of fused-ring (bicyclic) bond motifs is 2. The van der Waals surface area contributed by atoms with Gasteiger partial charge in [0.15, 0.2) is 0 Å². The maximum Gasteiger partial charge on any atom is 0.329 e. The largest absolute Gasteiger partial charge is 0.497 e. The lowest BCUT2D eigenvalue weighted by Gasteiger charge is -2.43. The number of unbranched alkanes of at least 4 members (excludes halogenated alkanes) is 2. The predicted molar refractivity (Wildman–Crippen MR) is 259 cm³/mol. The summed E-state index contributed by atoms with van der Waals surface area (Å²) in [5.74, 6) is -8.18. The van der Waals surface area contributed by atoms with Gasteiger partial charge in [0.05, 0.1) is 13.5 Å². The molecule has 2 bridgehead atoms. The third kappa shape index (κ3) is 15.9. The molecule has 384 valence electrons. The third-order valence-electron chi connectivity index (χ3n) is 12.4. The number of hydrogen-bond donors (Lipinski definition) is 7. The van der Waals surface area contributed by atoms with Gasteiger partial charge in [0.1, 0.15) is 60.4 Å². The first kappa shape index (κ1) is 56.4. The lowest BCUT2D eigenvalue weighted by Crippen LogP contribution is -2.65. The molecule has 70 heavy (non-hydrogen) atoms. The summed E-state index contributed by atoms with van der Waals surface area (Å²) in [5, 5.41) is 34.2. The Balaban J connectivity index is 1.86. The van der Waals surface area contributed by atoms with E-state index >= 15 is 4.79 Å². The number of carbonyl (C=O) groups excluding carboxylic acids is 8. The number of nitrogens with one attached hydrogen (secondary N) is 5.